The first kappa shape index (κ1) is 18.7. The van der Waals surface area contributed by atoms with Gasteiger partial charge in [-0.3, -0.25) is 4.79 Å². The molecule has 2 aromatic rings. The van der Waals surface area contributed by atoms with E-state index >= 15 is 0 Å². The Morgan fingerprint density at radius 3 is 2.68 bits per heavy atom. The fraction of sp³-hybridized carbons (Fsp3) is 0.500. The second-order valence-electron chi connectivity index (χ2n) is 7.97. The lowest BCUT2D eigenvalue weighted by molar-refractivity contribution is -0.129. The smallest absolute Gasteiger partial charge is 0.241 e. The van der Waals surface area contributed by atoms with Gasteiger partial charge in [-0.05, 0) is 49.8 Å². The summed E-state index contributed by atoms with van der Waals surface area (Å²) in [7, 11) is 1.85. The van der Waals surface area contributed by atoms with Crippen molar-refractivity contribution in [1.29, 1.82) is 0 Å². The van der Waals surface area contributed by atoms with E-state index in [1.165, 1.54) is 29.5 Å². The van der Waals surface area contributed by atoms with E-state index in [0.717, 1.165) is 37.7 Å². The Hall–Kier alpha value is -2.63. The van der Waals surface area contributed by atoms with E-state index in [4.69, 9.17) is 0 Å². The number of amides is 1. The zero-order valence-electron chi connectivity index (χ0n) is 17.1. The number of aromatic nitrogens is 2. The number of nitrogens with zero attached hydrogens (tertiary/aromatic N) is 5. The van der Waals surface area contributed by atoms with Crippen LogP contribution in [0.2, 0.25) is 0 Å². The average Bonchev–Trinajstić information content (AvgIpc) is 2.72. The summed E-state index contributed by atoms with van der Waals surface area (Å²) in [5, 5.41) is 0. The van der Waals surface area contributed by atoms with Crippen molar-refractivity contribution in [3.8, 4) is 0 Å². The summed E-state index contributed by atoms with van der Waals surface area (Å²) in [5.41, 5.74) is 4.11. The highest BCUT2D eigenvalue weighted by Gasteiger charge is 2.28. The molecule has 2 aliphatic heterocycles. The molecule has 6 heteroatoms. The molecule has 1 unspecified atom stereocenters. The SMILES string of the molecule is Cc1cccc(C2CCCCN2c2cc(N3CCN(C)C(=O)C3)ncn2)c1C. The summed E-state index contributed by atoms with van der Waals surface area (Å²) in [6.07, 6.45) is 5.19. The number of piperazine rings is 1. The molecule has 0 spiro atoms. The number of benzene rings is 1. The number of carbonyl (C=O) groups is 1. The molecule has 6 nitrogen and oxygen atoms in total. The molecular weight excluding hydrogens is 350 g/mol. The predicted molar refractivity (Wildman–Crippen MR) is 112 cm³/mol. The number of anilines is 2. The molecule has 2 saturated heterocycles. The van der Waals surface area contributed by atoms with Crippen molar-refractivity contribution in [2.24, 2.45) is 0 Å². The van der Waals surface area contributed by atoms with Crippen LogP contribution in [0.4, 0.5) is 11.6 Å². The Bertz CT molecular complexity index is 868. The Morgan fingerprint density at radius 2 is 1.86 bits per heavy atom. The molecular formula is C22H29N5O. The number of hydrogen-bond acceptors (Lipinski definition) is 5. The third-order valence-corrected chi connectivity index (χ3v) is 6.22. The lowest BCUT2D eigenvalue weighted by Gasteiger charge is -2.38. The summed E-state index contributed by atoms with van der Waals surface area (Å²) in [6, 6.07) is 8.99. The van der Waals surface area contributed by atoms with Crippen molar-refractivity contribution in [2.75, 3.05) is 43.0 Å². The zero-order chi connectivity index (χ0) is 19.7. The van der Waals surface area contributed by atoms with Gasteiger partial charge in [0.1, 0.15) is 18.0 Å². The fourth-order valence-electron chi connectivity index (χ4n) is 4.29. The Morgan fingerprint density at radius 1 is 1.04 bits per heavy atom. The van der Waals surface area contributed by atoms with E-state index in [0.29, 0.717) is 12.6 Å². The molecule has 1 atom stereocenters. The van der Waals surface area contributed by atoms with Gasteiger partial charge in [-0.15, -0.1) is 0 Å². The van der Waals surface area contributed by atoms with Crippen molar-refractivity contribution in [1.82, 2.24) is 14.9 Å². The van der Waals surface area contributed by atoms with Gasteiger partial charge < -0.3 is 14.7 Å². The highest BCUT2D eigenvalue weighted by Crippen LogP contribution is 2.36. The summed E-state index contributed by atoms with van der Waals surface area (Å²) < 4.78 is 0. The van der Waals surface area contributed by atoms with Crippen molar-refractivity contribution in [2.45, 2.75) is 39.2 Å². The fourth-order valence-corrected chi connectivity index (χ4v) is 4.29. The predicted octanol–water partition coefficient (Wildman–Crippen LogP) is 3.10. The molecule has 0 aliphatic carbocycles. The molecule has 0 N–H and O–H groups in total. The Balaban J connectivity index is 1.63. The van der Waals surface area contributed by atoms with Gasteiger partial charge in [0, 0.05) is 32.7 Å². The second-order valence-corrected chi connectivity index (χ2v) is 7.97. The second kappa shape index (κ2) is 7.78. The van der Waals surface area contributed by atoms with Crippen LogP contribution in [-0.2, 0) is 4.79 Å². The zero-order valence-corrected chi connectivity index (χ0v) is 17.1. The highest BCUT2D eigenvalue weighted by molar-refractivity contribution is 5.82. The minimum absolute atomic E-state index is 0.137. The standard InChI is InChI=1S/C22H29N5O/c1-16-7-6-8-18(17(16)2)19-9-4-5-10-27(19)21-13-20(23-15-24-21)26-12-11-25(3)22(28)14-26/h6-8,13,15,19H,4-5,9-12,14H2,1-3H3. The van der Waals surface area contributed by atoms with Gasteiger partial charge in [0.25, 0.3) is 0 Å². The topological polar surface area (TPSA) is 52.6 Å². The van der Waals surface area contributed by atoms with Crippen LogP contribution in [0.1, 0.15) is 42.0 Å². The number of rotatable bonds is 3. The molecule has 0 radical (unpaired) electrons. The van der Waals surface area contributed by atoms with Crippen LogP contribution in [0.15, 0.2) is 30.6 Å². The number of aryl methyl sites for hydroxylation is 1. The van der Waals surface area contributed by atoms with Crippen molar-refractivity contribution in [3.05, 3.63) is 47.3 Å². The van der Waals surface area contributed by atoms with Crippen LogP contribution in [-0.4, -0.2) is 54.0 Å². The number of piperidine rings is 1. The van der Waals surface area contributed by atoms with Crippen LogP contribution >= 0.6 is 0 Å². The Kier molecular flexibility index (Phi) is 5.20. The lowest BCUT2D eigenvalue weighted by atomic mass is 9.90. The molecule has 1 aromatic carbocycles. The van der Waals surface area contributed by atoms with Gasteiger partial charge in [-0.2, -0.15) is 0 Å². The lowest BCUT2D eigenvalue weighted by Crippen LogP contribution is -2.48. The van der Waals surface area contributed by atoms with Gasteiger partial charge in [0.2, 0.25) is 5.91 Å². The summed E-state index contributed by atoms with van der Waals surface area (Å²) in [4.78, 5) is 27.4. The summed E-state index contributed by atoms with van der Waals surface area (Å²) in [6.45, 7) is 7.31. The van der Waals surface area contributed by atoms with Crippen molar-refractivity contribution < 1.29 is 4.79 Å². The van der Waals surface area contributed by atoms with E-state index < -0.39 is 0 Å². The molecule has 3 heterocycles. The minimum atomic E-state index is 0.137. The number of likely N-dealkylation sites (N-methyl/N-ethyl adjacent to an activating group) is 1. The third-order valence-electron chi connectivity index (χ3n) is 6.22. The average molecular weight is 380 g/mol. The molecule has 4 rings (SSSR count). The van der Waals surface area contributed by atoms with Crippen molar-refractivity contribution in [3.63, 3.8) is 0 Å². The van der Waals surface area contributed by atoms with Crippen LogP contribution in [0, 0.1) is 13.8 Å². The molecule has 1 aromatic heterocycles. The molecule has 2 aliphatic rings. The maximum atomic E-state index is 12.1. The van der Waals surface area contributed by atoms with Crippen molar-refractivity contribution >= 4 is 17.5 Å². The molecule has 28 heavy (non-hydrogen) atoms. The van der Waals surface area contributed by atoms with Crippen LogP contribution in [0.25, 0.3) is 0 Å². The number of hydrogen-bond donors (Lipinski definition) is 0. The summed E-state index contributed by atoms with van der Waals surface area (Å²) in [5.74, 6) is 1.94. The maximum absolute atomic E-state index is 12.1. The van der Waals surface area contributed by atoms with Crippen LogP contribution < -0.4 is 9.80 Å². The molecule has 1 amide bonds. The first-order valence-corrected chi connectivity index (χ1v) is 10.2. The highest BCUT2D eigenvalue weighted by atomic mass is 16.2. The van der Waals surface area contributed by atoms with Crippen LogP contribution in [0.5, 0.6) is 0 Å². The van der Waals surface area contributed by atoms with Gasteiger partial charge >= 0.3 is 0 Å². The van der Waals surface area contributed by atoms with E-state index in [-0.39, 0.29) is 5.91 Å². The largest absolute Gasteiger partial charge is 0.349 e. The normalized spacial score (nSPS) is 20.6. The third kappa shape index (κ3) is 3.55. The van der Waals surface area contributed by atoms with E-state index in [1.807, 2.05) is 7.05 Å². The van der Waals surface area contributed by atoms with Gasteiger partial charge in [-0.25, -0.2) is 9.97 Å². The first-order valence-electron chi connectivity index (χ1n) is 10.2. The number of carbonyl (C=O) groups excluding carboxylic acids is 1. The Labute approximate surface area is 167 Å². The molecule has 148 valence electrons. The van der Waals surface area contributed by atoms with Crippen LogP contribution in [0.3, 0.4) is 0 Å². The molecule has 2 fully saturated rings. The van der Waals surface area contributed by atoms with Gasteiger partial charge in [0.15, 0.2) is 0 Å². The maximum Gasteiger partial charge on any atom is 0.241 e. The first-order chi connectivity index (χ1) is 13.5. The van der Waals surface area contributed by atoms with E-state index in [9.17, 15) is 4.79 Å². The van der Waals surface area contributed by atoms with Gasteiger partial charge in [-0.1, -0.05) is 18.2 Å². The monoisotopic (exact) mass is 379 g/mol. The quantitative estimate of drug-likeness (QED) is 0.820. The minimum Gasteiger partial charge on any atom is -0.349 e. The summed E-state index contributed by atoms with van der Waals surface area (Å²) >= 11 is 0. The van der Waals surface area contributed by atoms with E-state index in [2.05, 4.69) is 57.9 Å². The van der Waals surface area contributed by atoms with Gasteiger partial charge in [0.05, 0.1) is 12.6 Å². The molecule has 0 saturated carbocycles. The molecule has 0 bridgehead atoms. The van der Waals surface area contributed by atoms with E-state index in [1.54, 1.807) is 11.2 Å².